The highest BCUT2D eigenvalue weighted by molar-refractivity contribution is 9.10. The topological polar surface area (TPSA) is 65.0 Å². The molecule has 1 aliphatic carbocycles. The van der Waals surface area contributed by atoms with Crippen molar-refractivity contribution < 1.29 is 19.1 Å². The van der Waals surface area contributed by atoms with Crippen molar-refractivity contribution in [1.82, 2.24) is 0 Å². The van der Waals surface area contributed by atoms with Crippen LogP contribution in [0.3, 0.4) is 0 Å². The predicted molar refractivity (Wildman–Crippen MR) is 69.6 cm³/mol. The summed E-state index contributed by atoms with van der Waals surface area (Å²) < 4.78 is 11.9. The molecule has 1 aromatic rings. The third-order valence-corrected chi connectivity index (χ3v) is 3.99. The number of hydrogen-bond donors (Lipinski definition) is 0. The third-order valence-electron chi connectivity index (χ3n) is 3.37. The Morgan fingerprint density at radius 3 is 2.58 bits per heavy atom. The van der Waals surface area contributed by atoms with Gasteiger partial charge in [0.2, 0.25) is 6.08 Å². The van der Waals surface area contributed by atoms with Crippen molar-refractivity contribution in [3.05, 3.63) is 21.7 Å². The van der Waals surface area contributed by atoms with Gasteiger partial charge in [0.15, 0.2) is 17.8 Å². The van der Waals surface area contributed by atoms with E-state index in [4.69, 9.17) is 9.47 Å². The van der Waals surface area contributed by atoms with Crippen molar-refractivity contribution in [2.75, 3.05) is 13.2 Å². The van der Waals surface area contributed by atoms with Gasteiger partial charge in [-0.3, -0.25) is 4.79 Å². The lowest BCUT2D eigenvalue weighted by atomic mass is 10.0. The molecule has 0 saturated heterocycles. The van der Waals surface area contributed by atoms with E-state index in [1.807, 2.05) is 0 Å². The Morgan fingerprint density at radius 1 is 1.32 bits per heavy atom. The summed E-state index contributed by atoms with van der Waals surface area (Å²) in [7, 11) is 0. The van der Waals surface area contributed by atoms with E-state index in [0.29, 0.717) is 34.7 Å². The maximum atomic E-state index is 11.1. The summed E-state index contributed by atoms with van der Waals surface area (Å²) in [5.41, 5.74) is 0.625. The van der Waals surface area contributed by atoms with Crippen LogP contribution in [-0.4, -0.2) is 25.6 Å². The quantitative estimate of drug-likeness (QED) is 0.486. The summed E-state index contributed by atoms with van der Waals surface area (Å²) in [6.07, 6.45) is 3.87. The molecule has 5 nitrogen and oxygen atoms in total. The molecule has 0 atom stereocenters. The van der Waals surface area contributed by atoms with Gasteiger partial charge in [0.05, 0.1) is 5.56 Å². The number of carbonyl (C=O) groups is 1. The number of isocyanates is 1. The molecule has 0 amide bonds. The average molecular weight is 324 g/mol. The van der Waals surface area contributed by atoms with E-state index in [1.54, 1.807) is 12.1 Å². The van der Waals surface area contributed by atoms with Crippen LogP contribution >= 0.6 is 15.9 Å². The van der Waals surface area contributed by atoms with Gasteiger partial charge in [0.1, 0.15) is 18.8 Å². The van der Waals surface area contributed by atoms with E-state index >= 15 is 0 Å². The minimum Gasteiger partial charge on any atom is -0.486 e. The molecule has 0 spiro atoms. The Balaban J connectivity index is 2.25. The fraction of sp³-hybridized carbons (Fsp3) is 0.385. The molecule has 0 aromatic heterocycles. The lowest BCUT2D eigenvalue weighted by molar-refractivity contribution is 0.111. The van der Waals surface area contributed by atoms with Crippen LogP contribution in [0.15, 0.2) is 15.5 Å². The van der Waals surface area contributed by atoms with Gasteiger partial charge in [0, 0.05) is 10.0 Å². The van der Waals surface area contributed by atoms with E-state index in [9.17, 15) is 9.59 Å². The summed E-state index contributed by atoms with van der Waals surface area (Å²) >= 11 is 3.43. The van der Waals surface area contributed by atoms with Gasteiger partial charge in [-0.2, -0.15) is 4.99 Å². The van der Waals surface area contributed by atoms with E-state index in [1.165, 1.54) is 0 Å². The Morgan fingerprint density at radius 2 is 2.00 bits per heavy atom. The highest BCUT2D eigenvalue weighted by Gasteiger charge is 2.49. The van der Waals surface area contributed by atoms with Crippen molar-refractivity contribution in [3.8, 4) is 11.5 Å². The first kappa shape index (κ1) is 12.4. The van der Waals surface area contributed by atoms with Gasteiger partial charge in [0.25, 0.3) is 0 Å². The van der Waals surface area contributed by atoms with Crippen molar-refractivity contribution in [2.45, 2.75) is 18.4 Å². The summed E-state index contributed by atoms with van der Waals surface area (Å²) in [6, 6.07) is 1.68. The number of rotatable bonds is 3. The molecule has 6 heteroatoms. The molecule has 0 unspecified atom stereocenters. The molecule has 1 saturated carbocycles. The van der Waals surface area contributed by atoms with Crippen molar-refractivity contribution in [2.24, 2.45) is 4.99 Å². The van der Waals surface area contributed by atoms with Gasteiger partial charge < -0.3 is 9.47 Å². The number of aliphatic imine (C=N–C) groups is 1. The molecule has 19 heavy (non-hydrogen) atoms. The highest BCUT2D eigenvalue weighted by atomic mass is 79.9. The van der Waals surface area contributed by atoms with Crippen LogP contribution < -0.4 is 9.47 Å². The highest BCUT2D eigenvalue weighted by Crippen LogP contribution is 2.57. The second-order valence-electron chi connectivity index (χ2n) is 4.53. The molecule has 1 heterocycles. The number of carbonyl (C=O) groups excluding carboxylic acids is 2. The second-order valence-corrected chi connectivity index (χ2v) is 5.38. The molecule has 1 aliphatic heterocycles. The van der Waals surface area contributed by atoms with Gasteiger partial charge in [-0.1, -0.05) is 15.9 Å². The van der Waals surface area contributed by atoms with Crippen LogP contribution in [-0.2, 0) is 10.3 Å². The molecular weight excluding hydrogens is 314 g/mol. The Kier molecular flexibility index (Phi) is 2.92. The fourth-order valence-corrected chi connectivity index (χ4v) is 3.14. The van der Waals surface area contributed by atoms with Gasteiger partial charge in [-0.15, -0.1) is 0 Å². The lowest BCUT2D eigenvalue weighted by Gasteiger charge is -2.25. The van der Waals surface area contributed by atoms with Crippen LogP contribution in [0.4, 0.5) is 0 Å². The molecule has 3 rings (SSSR count). The van der Waals surface area contributed by atoms with Crippen LogP contribution in [0, 0.1) is 0 Å². The Bertz CT molecular complexity index is 603. The minimum atomic E-state index is -0.577. The average Bonchev–Trinajstić information content (AvgIpc) is 3.18. The number of benzene rings is 1. The zero-order valence-electron chi connectivity index (χ0n) is 9.94. The number of nitrogens with zero attached hydrogens (tertiary/aromatic N) is 1. The Labute approximate surface area is 117 Å². The van der Waals surface area contributed by atoms with Crippen LogP contribution in [0.25, 0.3) is 0 Å². The maximum Gasteiger partial charge on any atom is 0.235 e. The second kappa shape index (κ2) is 4.47. The molecule has 0 radical (unpaired) electrons. The largest absolute Gasteiger partial charge is 0.486 e. The first-order valence-electron chi connectivity index (χ1n) is 5.88. The molecule has 98 valence electrons. The minimum absolute atomic E-state index is 0.402. The van der Waals surface area contributed by atoms with E-state index < -0.39 is 5.54 Å². The van der Waals surface area contributed by atoms with Gasteiger partial charge >= 0.3 is 0 Å². The van der Waals surface area contributed by atoms with E-state index in [-0.39, 0.29) is 0 Å². The van der Waals surface area contributed by atoms with E-state index in [2.05, 4.69) is 20.9 Å². The maximum absolute atomic E-state index is 11.1. The molecule has 1 fully saturated rings. The molecular formula is C13H10BrNO4. The smallest absolute Gasteiger partial charge is 0.235 e. The molecule has 1 aromatic carbocycles. The standard InChI is InChI=1S/C13H10BrNO4/c14-9-5-8(6-16)11-12(19-4-3-18-11)10(9)13(1-2-13)15-7-17/h5-6H,1-4H2. The van der Waals surface area contributed by atoms with Crippen molar-refractivity contribution >= 4 is 28.3 Å². The predicted octanol–water partition coefficient (Wildman–Crippen LogP) is 2.36. The van der Waals surface area contributed by atoms with Gasteiger partial charge in [-0.05, 0) is 18.9 Å². The zero-order valence-corrected chi connectivity index (χ0v) is 11.5. The lowest BCUT2D eigenvalue weighted by Crippen LogP contribution is -2.20. The first-order chi connectivity index (χ1) is 9.22. The number of ether oxygens (including phenoxy) is 2. The normalized spacial score (nSPS) is 18.4. The molecule has 0 N–H and O–H groups in total. The van der Waals surface area contributed by atoms with Crippen LogP contribution in [0.2, 0.25) is 0 Å². The molecule has 2 aliphatic rings. The number of halogens is 1. The third kappa shape index (κ3) is 1.88. The van der Waals surface area contributed by atoms with E-state index in [0.717, 1.165) is 24.7 Å². The number of hydrogen-bond acceptors (Lipinski definition) is 5. The van der Waals surface area contributed by atoms with Crippen LogP contribution in [0.1, 0.15) is 28.8 Å². The SMILES string of the molecule is O=C=NC1(c2c(Br)cc(C=O)c3c2OCCO3)CC1. The van der Waals surface area contributed by atoms with Crippen molar-refractivity contribution in [3.63, 3.8) is 0 Å². The number of fused-ring (bicyclic) bond motifs is 1. The van der Waals surface area contributed by atoms with Gasteiger partial charge in [-0.25, -0.2) is 4.79 Å². The Hall–Kier alpha value is -1.65. The van der Waals surface area contributed by atoms with Crippen LogP contribution in [0.5, 0.6) is 11.5 Å². The fourth-order valence-electron chi connectivity index (χ4n) is 2.35. The summed E-state index contributed by atoms with van der Waals surface area (Å²) in [5, 5.41) is 0. The van der Waals surface area contributed by atoms with Crippen molar-refractivity contribution in [1.29, 1.82) is 0 Å². The summed E-state index contributed by atoms with van der Waals surface area (Å²) in [4.78, 5) is 25.6. The summed E-state index contributed by atoms with van der Waals surface area (Å²) in [6.45, 7) is 0.814. The summed E-state index contributed by atoms with van der Waals surface area (Å²) in [5.74, 6) is 0.950. The first-order valence-corrected chi connectivity index (χ1v) is 6.68. The number of aldehydes is 1. The zero-order chi connectivity index (χ0) is 13.5. The molecule has 0 bridgehead atoms. The monoisotopic (exact) mass is 323 g/mol.